The van der Waals surface area contributed by atoms with Gasteiger partial charge in [-0.25, -0.2) is 0 Å². The molecule has 0 atom stereocenters. The number of nitrogens with zero attached hydrogens (tertiary/aromatic N) is 1. The summed E-state index contributed by atoms with van der Waals surface area (Å²) < 4.78 is 0. The highest BCUT2D eigenvalue weighted by Crippen LogP contribution is 2.34. The van der Waals surface area contributed by atoms with Gasteiger partial charge in [0.15, 0.2) is 0 Å². The summed E-state index contributed by atoms with van der Waals surface area (Å²) in [7, 11) is 0. The Morgan fingerprint density at radius 1 is 0.833 bits per heavy atom. The maximum absolute atomic E-state index is 9.07. The van der Waals surface area contributed by atoms with E-state index in [0.717, 1.165) is 16.2 Å². The number of hydrogen-bond donors (Lipinski definition) is 0. The van der Waals surface area contributed by atoms with Crippen LogP contribution in [-0.2, 0) is 0 Å². The predicted molar refractivity (Wildman–Crippen MR) is 73.7 cm³/mol. The monoisotopic (exact) mass is 226 g/mol. The van der Waals surface area contributed by atoms with Crippen molar-refractivity contribution in [2.45, 2.75) is 0 Å². The lowest BCUT2D eigenvalue weighted by Gasteiger charge is -2.10. The summed E-state index contributed by atoms with van der Waals surface area (Å²) in [6.45, 7) is 0. The summed E-state index contributed by atoms with van der Waals surface area (Å²) in [6.07, 6.45) is 0. The molecule has 0 N–H and O–H groups in total. The van der Waals surface area contributed by atoms with Gasteiger partial charge in [-0.05, 0) is 50.5 Å². The highest BCUT2D eigenvalue weighted by Gasteiger charge is 2.08. The van der Waals surface area contributed by atoms with E-state index in [-0.39, 0.29) is 0 Å². The Labute approximate surface area is 104 Å². The fraction of sp³-hybridized carbons (Fsp3) is 0. The van der Waals surface area contributed by atoms with Gasteiger partial charge in [-0.3, -0.25) is 0 Å². The average molecular weight is 226 g/mol. The summed E-state index contributed by atoms with van der Waals surface area (Å²) in [5.74, 6) is 0. The van der Waals surface area contributed by atoms with Gasteiger partial charge < -0.3 is 0 Å². The van der Waals surface area contributed by atoms with E-state index in [9.17, 15) is 0 Å². The van der Waals surface area contributed by atoms with E-state index in [4.69, 9.17) is 5.26 Å². The van der Waals surface area contributed by atoms with E-state index in [1.165, 1.54) is 16.2 Å². The molecular weight excluding hydrogens is 218 g/mol. The fourth-order valence-corrected chi connectivity index (χ4v) is 2.74. The SMILES string of the molecule is N#Cc1cc2ccc3[c]ccc4ccc(c1)c2c34. The molecule has 1 heteroatoms. The highest BCUT2D eigenvalue weighted by atomic mass is 14.2. The second-order valence-electron chi connectivity index (χ2n) is 4.53. The van der Waals surface area contributed by atoms with Gasteiger partial charge in [0.1, 0.15) is 0 Å². The van der Waals surface area contributed by atoms with Crippen molar-refractivity contribution in [3.8, 4) is 6.07 Å². The number of rotatable bonds is 0. The molecule has 1 nitrogen and oxygen atoms in total. The van der Waals surface area contributed by atoms with Gasteiger partial charge in [-0.1, -0.05) is 36.4 Å². The zero-order valence-corrected chi connectivity index (χ0v) is 9.57. The van der Waals surface area contributed by atoms with Crippen molar-refractivity contribution in [3.05, 3.63) is 60.2 Å². The van der Waals surface area contributed by atoms with Crippen LogP contribution in [0.5, 0.6) is 0 Å². The molecule has 0 saturated carbocycles. The molecule has 4 rings (SSSR count). The Bertz CT molecular complexity index is 865. The lowest BCUT2D eigenvalue weighted by molar-refractivity contribution is 1.50. The molecule has 0 saturated heterocycles. The van der Waals surface area contributed by atoms with Crippen molar-refractivity contribution in [1.29, 1.82) is 5.26 Å². The Hall–Kier alpha value is -2.59. The zero-order valence-electron chi connectivity index (χ0n) is 9.57. The van der Waals surface area contributed by atoms with Crippen LogP contribution in [0.15, 0.2) is 48.5 Å². The molecule has 81 valence electrons. The van der Waals surface area contributed by atoms with Crippen LogP contribution in [0.1, 0.15) is 5.56 Å². The maximum Gasteiger partial charge on any atom is 0.0992 e. The van der Waals surface area contributed by atoms with Crippen molar-refractivity contribution in [2.75, 3.05) is 0 Å². The molecule has 0 fully saturated rings. The van der Waals surface area contributed by atoms with Gasteiger partial charge in [0, 0.05) is 0 Å². The minimum atomic E-state index is 0.713. The fourth-order valence-electron chi connectivity index (χ4n) is 2.74. The molecular formula is C17H8N. The van der Waals surface area contributed by atoms with Gasteiger partial charge in [0.05, 0.1) is 11.6 Å². The van der Waals surface area contributed by atoms with Crippen molar-refractivity contribution in [1.82, 2.24) is 0 Å². The molecule has 0 heterocycles. The molecule has 0 aromatic heterocycles. The van der Waals surface area contributed by atoms with E-state index in [0.29, 0.717) is 5.56 Å². The Balaban J connectivity index is 2.39. The van der Waals surface area contributed by atoms with Crippen LogP contribution in [0, 0.1) is 17.4 Å². The normalized spacial score (nSPS) is 11.3. The first-order valence-corrected chi connectivity index (χ1v) is 5.86. The van der Waals surface area contributed by atoms with Gasteiger partial charge in [-0.2, -0.15) is 5.26 Å². The van der Waals surface area contributed by atoms with Crippen LogP contribution in [0.3, 0.4) is 0 Å². The van der Waals surface area contributed by atoms with Gasteiger partial charge in [-0.15, -0.1) is 0 Å². The molecule has 0 aliphatic carbocycles. The Morgan fingerprint density at radius 2 is 1.56 bits per heavy atom. The molecule has 0 bridgehead atoms. The van der Waals surface area contributed by atoms with Crippen LogP contribution in [0.25, 0.3) is 32.3 Å². The smallest absolute Gasteiger partial charge is 0.0992 e. The van der Waals surface area contributed by atoms with Crippen molar-refractivity contribution < 1.29 is 0 Å². The third-order valence-electron chi connectivity index (χ3n) is 3.51. The largest absolute Gasteiger partial charge is 0.192 e. The average Bonchev–Trinajstić information content (AvgIpc) is 2.44. The molecule has 0 amide bonds. The van der Waals surface area contributed by atoms with Gasteiger partial charge >= 0.3 is 0 Å². The van der Waals surface area contributed by atoms with Crippen molar-refractivity contribution in [2.24, 2.45) is 0 Å². The molecule has 0 aliphatic heterocycles. The first-order valence-electron chi connectivity index (χ1n) is 5.86. The van der Waals surface area contributed by atoms with Crippen LogP contribution < -0.4 is 0 Å². The summed E-state index contributed by atoms with van der Waals surface area (Å²) in [5.41, 5.74) is 0.713. The minimum Gasteiger partial charge on any atom is -0.192 e. The molecule has 0 unspecified atom stereocenters. The van der Waals surface area contributed by atoms with Crippen molar-refractivity contribution in [3.63, 3.8) is 0 Å². The van der Waals surface area contributed by atoms with E-state index in [1.54, 1.807) is 0 Å². The second kappa shape index (κ2) is 3.21. The first-order chi connectivity index (χ1) is 8.86. The van der Waals surface area contributed by atoms with Crippen LogP contribution >= 0.6 is 0 Å². The number of nitriles is 1. The zero-order chi connectivity index (χ0) is 12.1. The standard InChI is InChI=1S/C17H8N/c18-10-11-8-14-6-4-12-2-1-3-13-5-7-15(9-11)17(14)16(12)13/h1-2,4-9H. The van der Waals surface area contributed by atoms with Crippen molar-refractivity contribution >= 4 is 32.3 Å². The number of benzene rings is 4. The third-order valence-corrected chi connectivity index (χ3v) is 3.51. The van der Waals surface area contributed by atoms with E-state index in [2.05, 4.69) is 42.5 Å². The molecule has 4 aromatic rings. The van der Waals surface area contributed by atoms with Crippen LogP contribution in [0.2, 0.25) is 0 Å². The summed E-state index contributed by atoms with van der Waals surface area (Å²) >= 11 is 0. The maximum atomic E-state index is 9.07. The topological polar surface area (TPSA) is 23.8 Å². The lowest BCUT2D eigenvalue weighted by atomic mass is 9.93. The lowest BCUT2D eigenvalue weighted by Crippen LogP contribution is -1.85. The second-order valence-corrected chi connectivity index (χ2v) is 4.53. The van der Waals surface area contributed by atoms with E-state index < -0.39 is 0 Å². The Kier molecular flexibility index (Phi) is 1.68. The van der Waals surface area contributed by atoms with E-state index in [1.807, 2.05) is 18.2 Å². The molecule has 0 aliphatic rings. The molecule has 0 spiro atoms. The summed E-state index contributed by atoms with van der Waals surface area (Å²) in [4.78, 5) is 0. The predicted octanol–water partition coefficient (Wildman–Crippen LogP) is 4.26. The highest BCUT2D eigenvalue weighted by molar-refractivity contribution is 6.23. The summed E-state index contributed by atoms with van der Waals surface area (Å²) in [5, 5.41) is 16.2. The molecule has 1 radical (unpaired) electrons. The van der Waals surface area contributed by atoms with Gasteiger partial charge in [0.25, 0.3) is 0 Å². The Morgan fingerprint density at radius 3 is 2.33 bits per heavy atom. The van der Waals surface area contributed by atoms with Crippen LogP contribution in [-0.4, -0.2) is 0 Å². The number of hydrogen-bond acceptors (Lipinski definition) is 1. The van der Waals surface area contributed by atoms with Crippen LogP contribution in [0.4, 0.5) is 0 Å². The summed E-state index contributed by atoms with van der Waals surface area (Å²) in [6, 6.07) is 21.8. The van der Waals surface area contributed by atoms with E-state index >= 15 is 0 Å². The quantitative estimate of drug-likeness (QED) is 0.411. The van der Waals surface area contributed by atoms with Gasteiger partial charge in [0.2, 0.25) is 0 Å². The first kappa shape index (κ1) is 9.44. The third kappa shape index (κ3) is 1.10. The molecule has 18 heavy (non-hydrogen) atoms. The minimum absolute atomic E-state index is 0.713. The molecule has 4 aromatic carbocycles.